The number of anilines is 1. The number of carbonyl (C=O) groups excluding carboxylic acids is 2. The quantitative estimate of drug-likeness (QED) is 0.175. The number of aromatic nitrogens is 4. The van der Waals surface area contributed by atoms with E-state index in [1.807, 2.05) is 42.7 Å². The second kappa shape index (κ2) is 12.4. The molecule has 3 heterocycles. The van der Waals surface area contributed by atoms with Crippen LogP contribution in [0, 0.1) is 6.92 Å². The van der Waals surface area contributed by atoms with Gasteiger partial charge in [-0.15, -0.1) is 0 Å². The minimum absolute atomic E-state index is 0.146. The number of rotatable bonds is 9. The molecule has 0 aliphatic heterocycles. The average molecular weight is 583 g/mol. The standard InChI is InChI=1S/C31H29N5O5S/c1-4-27-34-28-20(3)17-25(31(38)41-5-2)33-29(28)35(27)19-21-11-13-22(14-12-21)24-15-16-32-18-26(24)36(42(39)40)30(37)23-9-7-6-8-10-23/h6-18H,4-5,19H2,1-3H3,(H,39,40)/p-1. The summed E-state index contributed by atoms with van der Waals surface area (Å²) >= 11 is -2.88. The third-order valence-electron chi connectivity index (χ3n) is 6.75. The second-order valence-electron chi connectivity index (χ2n) is 9.46. The molecule has 0 aliphatic rings. The molecule has 5 rings (SSSR count). The van der Waals surface area contributed by atoms with E-state index in [-0.39, 0.29) is 23.6 Å². The molecule has 0 fully saturated rings. The number of nitrogens with zero attached hydrogens (tertiary/aromatic N) is 5. The van der Waals surface area contributed by atoms with Crippen molar-refractivity contribution in [2.75, 3.05) is 10.9 Å². The van der Waals surface area contributed by atoms with Crippen LogP contribution in [0.3, 0.4) is 0 Å². The van der Waals surface area contributed by atoms with Gasteiger partial charge in [0, 0.05) is 23.7 Å². The summed E-state index contributed by atoms with van der Waals surface area (Å²) in [6.45, 7) is 6.36. The first-order valence-electron chi connectivity index (χ1n) is 13.4. The van der Waals surface area contributed by atoms with Crippen LogP contribution in [0.25, 0.3) is 22.3 Å². The van der Waals surface area contributed by atoms with E-state index in [2.05, 4.69) is 9.97 Å². The first-order valence-corrected chi connectivity index (χ1v) is 14.4. The maximum Gasteiger partial charge on any atom is 0.357 e. The van der Waals surface area contributed by atoms with Gasteiger partial charge in [0.05, 0.1) is 36.3 Å². The Morgan fingerprint density at radius 2 is 1.76 bits per heavy atom. The number of hydrogen-bond acceptors (Lipinski definition) is 8. The van der Waals surface area contributed by atoms with Crippen LogP contribution >= 0.6 is 0 Å². The molecule has 0 saturated carbocycles. The first-order chi connectivity index (χ1) is 20.3. The predicted molar refractivity (Wildman–Crippen MR) is 159 cm³/mol. The number of amides is 1. The van der Waals surface area contributed by atoms with Crippen molar-refractivity contribution in [3.05, 3.63) is 107 Å². The van der Waals surface area contributed by atoms with Crippen LogP contribution in [0.15, 0.2) is 79.1 Å². The van der Waals surface area contributed by atoms with Crippen LogP contribution in [0.5, 0.6) is 0 Å². The highest BCUT2D eigenvalue weighted by Gasteiger charge is 2.23. The highest BCUT2D eigenvalue weighted by molar-refractivity contribution is 7.81. The van der Waals surface area contributed by atoms with Crippen LogP contribution < -0.4 is 4.31 Å². The molecule has 214 valence electrons. The number of hydrogen-bond donors (Lipinski definition) is 0. The van der Waals surface area contributed by atoms with Crippen molar-refractivity contribution in [2.24, 2.45) is 0 Å². The van der Waals surface area contributed by atoms with E-state index in [0.29, 0.717) is 34.0 Å². The zero-order valence-corrected chi connectivity index (χ0v) is 24.1. The lowest BCUT2D eigenvalue weighted by Gasteiger charge is -2.26. The van der Waals surface area contributed by atoms with Crippen LogP contribution in [0.4, 0.5) is 5.69 Å². The van der Waals surface area contributed by atoms with Crippen molar-refractivity contribution in [2.45, 2.75) is 33.7 Å². The summed E-state index contributed by atoms with van der Waals surface area (Å²) in [5.41, 5.74) is 4.96. The maximum atomic E-state index is 13.2. The Morgan fingerprint density at radius 1 is 1.02 bits per heavy atom. The second-order valence-corrected chi connectivity index (χ2v) is 10.3. The SMILES string of the molecule is CCOC(=O)c1cc(C)c2nc(CC)n(Cc3ccc(-c4ccncc4N(C(=O)c4ccccc4)S(=O)[O-])cc3)c2n1. The van der Waals surface area contributed by atoms with Gasteiger partial charge in [0.25, 0.3) is 5.91 Å². The largest absolute Gasteiger partial charge is 0.755 e. The molecule has 42 heavy (non-hydrogen) atoms. The number of pyridine rings is 2. The smallest absolute Gasteiger partial charge is 0.357 e. The molecule has 11 heteroatoms. The van der Waals surface area contributed by atoms with Crippen LogP contribution in [-0.2, 0) is 29.0 Å². The van der Waals surface area contributed by atoms with Gasteiger partial charge in [0.2, 0.25) is 0 Å². The molecular weight excluding hydrogens is 554 g/mol. The summed E-state index contributed by atoms with van der Waals surface area (Å²) in [7, 11) is 0. The van der Waals surface area contributed by atoms with E-state index in [1.165, 1.54) is 6.20 Å². The molecule has 0 saturated heterocycles. The molecule has 1 unspecified atom stereocenters. The number of carbonyl (C=O) groups is 2. The highest BCUT2D eigenvalue weighted by Crippen LogP contribution is 2.32. The highest BCUT2D eigenvalue weighted by atomic mass is 32.2. The monoisotopic (exact) mass is 582 g/mol. The summed E-state index contributed by atoms with van der Waals surface area (Å²) < 4.78 is 32.4. The van der Waals surface area contributed by atoms with Crippen molar-refractivity contribution < 1.29 is 23.1 Å². The Hall–Kier alpha value is -4.74. The molecule has 0 aliphatic carbocycles. The molecule has 10 nitrogen and oxygen atoms in total. The minimum atomic E-state index is -2.88. The Bertz CT molecular complexity index is 1790. The van der Waals surface area contributed by atoms with Crippen molar-refractivity contribution >= 4 is 40.0 Å². The zero-order chi connectivity index (χ0) is 29.8. The van der Waals surface area contributed by atoms with Crippen molar-refractivity contribution in [1.29, 1.82) is 0 Å². The number of aryl methyl sites for hydroxylation is 2. The average Bonchev–Trinajstić information content (AvgIpc) is 3.36. The van der Waals surface area contributed by atoms with E-state index in [4.69, 9.17) is 9.72 Å². The van der Waals surface area contributed by atoms with Crippen LogP contribution in [-0.4, -0.2) is 46.8 Å². The number of imidazole rings is 1. The van der Waals surface area contributed by atoms with Gasteiger partial charge >= 0.3 is 5.97 Å². The van der Waals surface area contributed by atoms with Crippen molar-refractivity contribution in [1.82, 2.24) is 19.5 Å². The zero-order valence-electron chi connectivity index (χ0n) is 23.3. The van der Waals surface area contributed by atoms with Gasteiger partial charge in [0.15, 0.2) is 11.3 Å². The third-order valence-corrected chi connectivity index (χ3v) is 7.41. The summed E-state index contributed by atoms with van der Waals surface area (Å²) in [4.78, 5) is 39.0. The normalized spacial score (nSPS) is 11.8. The lowest BCUT2D eigenvalue weighted by atomic mass is 10.0. The summed E-state index contributed by atoms with van der Waals surface area (Å²) in [5.74, 6) is -0.335. The molecule has 2 aromatic carbocycles. The molecule has 0 spiro atoms. The van der Waals surface area contributed by atoms with Gasteiger partial charge in [-0.2, -0.15) is 0 Å². The van der Waals surface area contributed by atoms with E-state index in [0.717, 1.165) is 22.5 Å². The minimum Gasteiger partial charge on any atom is -0.755 e. The van der Waals surface area contributed by atoms with Crippen molar-refractivity contribution in [3.63, 3.8) is 0 Å². The van der Waals surface area contributed by atoms with Crippen LogP contribution in [0.1, 0.15) is 51.6 Å². The van der Waals surface area contributed by atoms with Gasteiger partial charge < -0.3 is 13.9 Å². The fourth-order valence-electron chi connectivity index (χ4n) is 4.75. The predicted octanol–water partition coefficient (Wildman–Crippen LogP) is 5.03. The fraction of sp³-hybridized carbons (Fsp3) is 0.194. The third kappa shape index (κ3) is 5.69. The lowest BCUT2D eigenvalue weighted by molar-refractivity contribution is 0.0519. The Labute approximate surface area is 245 Å². The topological polar surface area (TPSA) is 130 Å². The van der Waals surface area contributed by atoms with Crippen molar-refractivity contribution in [3.8, 4) is 11.1 Å². The lowest BCUT2D eigenvalue weighted by Crippen LogP contribution is -2.33. The van der Waals surface area contributed by atoms with Gasteiger partial charge in [-0.25, -0.2) is 19.1 Å². The number of esters is 1. The molecule has 1 amide bonds. The summed E-state index contributed by atoms with van der Waals surface area (Å²) in [6.07, 6.45) is 3.58. The van der Waals surface area contributed by atoms with Gasteiger partial charge in [-0.05, 0) is 54.8 Å². The molecule has 1 atom stereocenters. The molecule has 5 aromatic rings. The Balaban J connectivity index is 1.49. The number of ether oxygens (including phenoxy) is 1. The Morgan fingerprint density at radius 3 is 2.43 bits per heavy atom. The first kappa shape index (κ1) is 28.8. The van der Waals surface area contributed by atoms with E-state index >= 15 is 0 Å². The summed E-state index contributed by atoms with van der Waals surface area (Å²) in [5, 5.41) is 0. The maximum absolute atomic E-state index is 13.2. The molecule has 3 aromatic heterocycles. The van der Waals surface area contributed by atoms with E-state index in [1.54, 1.807) is 55.6 Å². The fourth-order valence-corrected chi connectivity index (χ4v) is 5.30. The Kier molecular flexibility index (Phi) is 8.51. The number of fused-ring (bicyclic) bond motifs is 1. The molecule has 0 N–H and O–H groups in total. The van der Waals surface area contributed by atoms with E-state index < -0.39 is 23.1 Å². The molecular formula is C31H28N5O5S-. The van der Waals surface area contributed by atoms with Gasteiger partial charge in [-0.1, -0.05) is 49.4 Å². The van der Waals surface area contributed by atoms with Gasteiger partial charge in [-0.3, -0.25) is 14.0 Å². The van der Waals surface area contributed by atoms with Gasteiger partial charge in [0.1, 0.15) is 11.3 Å². The summed E-state index contributed by atoms with van der Waals surface area (Å²) in [6, 6.07) is 19.1. The molecule has 0 radical (unpaired) electrons. The van der Waals surface area contributed by atoms with Crippen LogP contribution in [0.2, 0.25) is 0 Å². The van der Waals surface area contributed by atoms with E-state index in [9.17, 15) is 18.4 Å². The number of benzene rings is 2. The molecule has 0 bridgehead atoms.